The number of hydrogen-bond acceptors (Lipinski definition) is 2. The van der Waals surface area contributed by atoms with Crippen molar-refractivity contribution in [1.82, 2.24) is 5.32 Å². The highest BCUT2D eigenvalue weighted by Crippen LogP contribution is 2.09. The lowest BCUT2D eigenvalue weighted by Crippen LogP contribution is -2.44. The Kier molecular flexibility index (Phi) is 4.99. The van der Waals surface area contributed by atoms with Gasteiger partial charge in [-0.05, 0) is 26.3 Å². The van der Waals surface area contributed by atoms with Gasteiger partial charge in [0.25, 0.3) is 0 Å². The molecule has 0 spiro atoms. The third-order valence-corrected chi connectivity index (χ3v) is 2.24. The van der Waals surface area contributed by atoms with Crippen LogP contribution in [0.3, 0.4) is 0 Å². The summed E-state index contributed by atoms with van der Waals surface area (Å²) < 4.78 is 0. The van der Waals surface area contributed by atoms with Gasteiger partial charge in [0.2, 0.25) is 5.91 Å². The lowest BCUT2D eigenvalue weighted by Gasteiger charge is -2.26. The van der Waals surface area contributed by atoms with E-state index in [1.807, 2.05) is 13.8 Å². The summed E-state index contributed by atoms with van der Waals surface area (Å²) in [5, 5.41) is 3.34. The number of nitrogens with two attached hydrogens (primary N) is 1. The summed E-state index contributed by atoms with van der Waals surface area (Å²) in [5.74, 6) is 0.397. The van der Waals surface area contributed by atoms with E-state index in [0.29, 0.717) is 12.3 Å². The van der Waals surface area contributed by atoms with E-state index in [9.17, 15) is 4.79 Å². The van der Waals surface area contributed by atoms with Crippen molar-refractivity contribution in [3.8, 4) is 0 Å². The highest BCUT2D eigenvalue weighted by Gasteiger charge is 2.19. The van der Waals surface area contributed by atoms with Crippen LogP contribution in [0.25, 0.3) is 0 Å². The molecule has 0 saturated carbocycles. The molecule has 0 aliphatic carbocycles. The number of hydrogen-bond donors (Lipinski definition) is 2. The molecule has 1 amide bonds. The lowest BCUT2D eigenvalue weighted by molar-refractivity contribution is -0.119. The van der Waals surface area contributed by atoms with Crippen LogP contribution in [-0.2, 0) is 4.79 Å². The minimum atomic E-state index is -0.248. The quantitative estimate of drug-likeness (QED) is 0.656. The van der Waals surface area contributed by atoms with Crippen molar-refractivity contribution < 1.29 is 4.79 Å². The summed E-state index contributed by atoms with van der Waals surface area (Å²) in [5.41, 5.74) is 4.97. The van der Waals surface area contributed by atoms with Gasteiger partial charge in [-0.3, -0.25) is 4.79 Å². The molecule has 0 saturated heterocycles. The van der Waals surface area contributed by atoms with Crippen molar-refractivity contribution in [3.63, 3.8) is 0 Å². The highest BCUT2D eigenvalue weighted by molar-refractivity contribution is 5.74. The maximum Gasteiger partial charge on any atom is 0.219 e. The summed E-state index contributed by atoms with van der Waals surface area (Å²) in [6.07, 6.45) is 1.54. The normalized spacial score (nSPS) is 14.2. The first-order chi connectivity index (χ1) is 5.87. The van der Waals surface area contributed by atoms with Crippen molar-refractivity contribution in [2.24, 2.45) is 11.7 Å². The van der Waals surface area contributed by atoms with Crippen molar-refractivity contribution in [2.45, 2.75) is 46.1 Å². The van der Waals surface area contributed by atoms with Gasteiger partial charge in [0.15, 0.2) is 0 Å². The maximum atomic E-state index is 10.7. The van der Waals surface area contributed by atoms with E-state index >= 15 is 0 Å². The van der Waals surface area contributed by atoms with E-state index in [2.05, 4.69) is 19.2 Å². The van der Waals surface area contributed by atoms with Crippen LogP contribution in [-0.4, -0.2) is 18.0 Å². The molecule has 13 heavy (non-hydrogen) atoms. The largest absolute Gasteiger partial charge is 0.370 e. The maximum absolute atomic E-state index is 10.7. The number of amides is 1. The first kappa shape index (κ1) is 12.4. The van der Waals surface area contributed by atoms with Gasteiger partial charge in [-0.2, -0.15) is 0 Å². The zero-order valence-electron chi connectivity index (χ0n) is 9.18. The lowest BCUT2D eigenvalue weighted by atomic mass is 9.99. The van der Waals surface area contributed by atoms with Crippen LogP contribution in [0.5, 0.6) is 0 Å². The van der Waals surface area contributed by atoms with Crippen LogP contribution in [0, 0.1) is 5.92 Å². The van der Waals surface area contributed by atoms with E-state index in [0.717, 1.165) is 13.0 Å². The number of carbonyl (C=O) groups is 1. The topological polar surface area (TPSA) is 55.1 Å². The molecule has 0 aliphatic heterocycles. The predicted octanol–water partition coefficient (Wildman–Crippen LogP) is 1.28. The summed E-state index contributed by atoms with van der Waals surface area (Å²) in [6, 6.07) is 0. The predicted molar refractivity (Wildman–Crippen MR) is 55.3 cm³/mol. The van der Waals surface area contributed by atoms with Crippen molar-refractivity contribution >= 4 is 5.91 Å². The molecule has 0 rings (SSSR count). The van der Waals surface area contributed by atoms with Gasteiger partial charge >= 0.3 is 0 Å². The minimum absolute atomic E-state index is 0.171. The monoisotopic (exact) mass is 186 g/mol. The smallest absolute Gasteiger partial charge is 0.219 e. The molecule has 1 atom stereocenters. The molecule has 3 N–H and O–H groups in total. The number of rotatable bonds is 6. The van der Waals surface area contributed by atoms with Crippen LogP contribution >= 0.6 is 0 Å². The Morgan fingerprint density at radius 1 is 1.54 bits per heavy atom. The molecule has 0 radical (unpaired) electrons. The molecule has 0 aromatic rings. The molecular formula is C10H22N2O. The molecule has 1 unspecified atom stereocenters. The fraction of sp³-hybridized carbons (Fsp3) is 0.900. The van der Waals surface area contributed by atoms with Gasteiger partial charge in [0.05, 0.1) is 0 Å². The second-order valence-electron chi connectivity index (χ2n) is 4.42. The zero-order chi connectivity index (χ0) is 10.5. The van der Waals surface area contributed by atoms with Gasteiger partial charge in [-0.15, -0.1) is 0 Å². The van der Waals surface area contributed by atoms with Crippen LogP contribution < -0.4 is 11.1 Å². The van der Waals surface area contributed by atoms with Crippen LogP contribution in [0.4, 0.5) is 0 Å². The Labute approximate surface area is 81.1 Å². The van der Waals surface area contributed by atoms with E-state index in [1.165, 1.54) is 0 Å². The van der Waals surface area contributed by atoms with E-state index in [4.69, 9.17) is 5.73 Å². The summed E-state index contributed by atoms with van der Waals surface area (Å²) >= 11 is 0. The molecule has 0 heterocycles. The van der Waals surface area contributed by atoms with Crippen LogP contribution in [0.1, 0.15) is 40.5 Å². The third-order valence-electron chi connectivity index (χ3n) is 2.24. The average molecular weight is 186 g/mol. The van der Waals surface area contributed by atoms with Gasteiger partial charge < -0.3 is 11.1 Å². The van der Waals surface area contributed by atoms with Gasteiger partial charge in [0.1, 0.15) is 0 Å². The minimum Gasteiger partial charge on any atom is -0.370 e. The number of carbonyl (C=O) groups excluding carboxylic acids is 1. The SMILES string of the molecule is CCC(C)CNC(C)(C)CC(N)=O. The highest BCUT2D eigenvalue weighted by atomic mass is 16.1. The van der Waals surface area contributed by atoms with Crippen molar-refractivity contribution in [3.05, 3.63) is 0 Å². The molecule has 78 valence electrons. The average Bonchev–Trinajstić information content (AvgIpc) is 1.98. The van der Waals surface area contributed by atoms with Gasteiger partial charge in [-0.25, -0.2) is 0 Å². The van der Waals surface area contributed by atoms with Crippen molar-refractivity contribution in [1.29, 1.82) is 0 Å². The number of primary amides is 1. The Morgan fingerprint density at radius 3 is 2.46 bits per heavy atom. The molecule has 0 aromatic carbocycles. The van der Waals surface area contributed by atoms with Crippen LogP contribution in [0.2, 0.25) is 0 Å². The molecule has 0 fully saturated rings. The third kappa shape index (κ3) is 6.58. The molecule has 0 aromatic heterocycles. The fourth-order valence-corrected chi connectivity index (χ4v) is 1.09. The first-order valence-electron chi connectivity index (χ1n) is 4.90. The number of nitrogens with one attached hydrogen (secondary N) is 1. The summed E-state index contributed by atoms with van der Waals surface area (Å²) in [7, 11) is 0. The zero-order valence-corrected chi connectivity index (χ0v) is 9.18. The summed E-state index contributed by atoms with van der Waals surface area (Å²) in [4.78, 5) is 10.7. The molecule has 3 heteroatoms. The first-order valence-corrected chi connectivity index (χ1v) is 4.90. The van der Waals surface area contributed by atoms with Gasteiger partial charge in [0, 0.05) is 12.0 Å². The van der Waals surface area contributed by atoms with E-state index in [-0.39, 0.29) is 11.4 Å². The Bertz CT molecular complexity index is 166. The molecule has 0 bridgehead atoms. The second kappa shape index (κ2) is 5.22. The molecule has 0 aliphatic rings. The fourth-order valence-electron chi connectivity index (χ4n) is 1.09. The molecule has 3 nitrogen and oxygen atoms in total. The van der Waals surface area contributed by atoms with Crippen LogP contribution in [0.15, 0.2) is 0 Å². The standard InChI is InChI=1S/C10H22N2O/c1-5-8(2)7-12-10(3,4)6-9(11)13/h8,12H,5-7H2,1-4H3,(H2,11,13). The van der Waals surface area contributed by atoms with E-state index < -0.39 is 0 Å². The molecular weight excluding hydrogens is 164 g/mol. The van der Waals surface area contributed by atoms with E-state index in [1.54, 1.807) is 0 Å². The summed E-state index contributed by atoms with van der Waals surface area (Å²) in [6.45, 7) is 9.29. The Hall–Kier alpha value is -0.570. The Morgan fingerprint density at radius 2 is 2.08 bits per heavy atom. The Balaban J connectivity index is 3.81. The second-order valence-corrected chi connectivity index (χ2v) is 4.42. The van der Waals surface area contributed by atoms with Gasteiger partial charge in [-0.1, -0.05) is 20.3 Å². The van der Waals surface area contributed by atoms with Crippen molar-refractivity contribution in [2.75, 3.05) is 6.54 Å².